The number of hydrogen-bond acceptors (Lipinski definition) is 5. The summed E-state index contributed by atoms with van der Waals surface area (Å²) >= 11 is 1.62. The van der Waals surface area contributed by atoms with Crippen molar-refractivity contribution < 1.29 is 13.2 Å². The fraction of sp³-hybridized carbons (Fsp3) is 0.391. The van der Waals surface area contributed by atoms with Crippen LogP contribution in [-0.4, -0.2) is 54.7 Å². The number of sulfonamides is 1. The number of carbonyl (C=O) groups is 1. The van der Waals surface area contributed by atoms with Crippen molar-refractivity contribution in [1.29, 1.82) is 0 Å². The largest absolute Gasteiger partial charge is 0.340 e. The maximum absolute atomic E-state index is 12.9. The van der Waals surface area contributed by atoms with Crippen LogP contribution in [0, 0.1) is 0 Å². The quantitative estimate of drug-likeness (QED) is 0.542. The average Bonchev–Trinajstić information content (AvgIpc) is 3.21. The lowest BCUT2D eigenvalue weighted by molar-refractivity contribution is -0.132. The molecule has 1 aromatic heterocycles. The molecule has 0 N–H and O–H groups in total. The Hall–Kier alpha value is -2.29. The van der Waals surface area contributed by atoms with E-state index in [1.165, 1.54) is 4.31 Å². The zero-order valence-corrected chi connectivity index (χ0v) is 19.3. The van der Waals surface area contributed by atoms with Gasteiger partial charge < -0.3 is 4.90 Å². The summed E-state index contributed by atoms with van der Waals surface area (Å²) in [6, 6.07) is 15.1. The van der Waals surface area contributed by atoms with Crippen molar-refractivity contribution in [1.82, 2.24) is 14.2 Å². The van der Waals surface area contributed by atoms with Crippen LogP contribution in [0.25, 0.3) is 10.2 Å². The number of rotatable bonds is 7. The van der Waals surface area contributed by atoms with Crippen LogP contribution in [0.3, 0.4) is 0 Å². The molecule has 8 heteroatoms. The lowest BCUT2D eigenvalue weighted by Gasteiger charge is -2.34. The minimum Gasteiger partial charge on any atom is -0.340 e. The van der Waals surface area contributed by atoms with Gasteiger partial charge in [0.25, 0.3) is 0 Å². The molecule has 0 atom stereocenters. The molecular formula is C23H27N3O3S2. The average molecular weight is 458 g/mol. The predicted molar refractivity (Wildman–Crippen MR) is 124 cm³/mol. The summed E-state index contributed by atoms with van der Waals surface area (Å²) in [6.07, 6.45) is 2.98. The molecule has 1 aliphatic rings. The van der Waals surface area contributed by atoms with E-state index in [4.69, 9.17) is 0 Å². The molecule has 4 rings (SSSR count). The van der Waals surface area contributed by atoms with Crippen LogP contribution in [0.2, 0.25) is 0 Å². The van der Waals surface area contributed by atoms with E-state index in [9.17, 15) is 13.2 Å². The van der Waals surface area contributed by atoms with Crippen LogP contribution in [0.15, 0.2) is 53.4 Å². The first-order valence-electron chi connectivity index (χ1n) is 10.7. The number of benzene rings is 2. The number of para-hydroxylation sites is 1. The fourth-order valence-electron chi connectivity index (χ4n) is 3.84. The highest BCUT2D eigenvalue weighted by Crippen LogP contribution is 2.23. The van der Waals surface area contributed by atoms with Gasteiger partial charge in [0.05, 0.1) is 20.1 Å². The minimum atomic E-state index is -3.53. The van der Waals surface area contributed by atoms with Gasteiger partial charge in [0.15, 0.2) is 0 Å². The van der Waals surface area contributed by atoms with E-state index in [1.807, 2.05) is 36.4 Å². The monoisotopic (exact) mass is 457 g/mol. The summed E-state index contributed by atoms with van der Waals surface area (Å²) in [7, 11) is -3.53. The van der Waals surface area contributed by atoms with E-state index >= 15 is 0 Å². The molecule has 0 radical (unpaired) electrons. The van der Waals surface area contributed by atoms with Crippen molar-refractivity contribution in [3.05, 3.63) is 59.1 Å². The van der Waals surface area contributed by atoms with Gasteiger partial charge in [0, 0.05) is 39.0 Å². The maximum Gasteiger partial charge on any atom is 0.243 e. The second kappa shape index (κ2) is 9.46. The lowest BCUT2D eigenvalue weighted by Crippen LogP contribution is -2.50. The fourth-order valence-corrected chi connectivity index (χ4v) is 6.23. The van der Waals surface area contributed by atoms with E-state index in [0.29, 0.717) is 43.9 Å². The second-order valence-electron chi connectivity index (χ2n) is 7.75. The molecule has 0 bridgehead atoms. The highest BCUT2D eigenvalue weighted by atomic mass is 32.2. The third-order valence-corrected chi connectivity index (χ3v) is 8.59. The Balaban J connectivity index is 1.31. The number of fused-ring (bicyclic) bond motifs is 1. The van der Waals surface area contributed by atoms with Crippen molar-refractivity contribution in [2.75, 3.05) is 26.2 Å². The highest BCUT2D eigenvalue weighted by Gasteiger charge is 2.30. The number of hydrogen-bond donors (Lipinski definition) is 0. The third-order valence-electron chi connectivity index (χ3n) is 5.58. The van der Waals surface area contributed by atoms with E-state index in [2.05, 4.69) is 11.9 Å². The molecule has 2 heterocycles. The zero-order valence-electron chi connectivity index (χ0n) is 17.7. The Morgan fingerprint density at radius 2 is 1.71 bits per heavy atom. The summed E-state index contributed by atoms with van der Waals surface area (Å²) in [5.74, 6) is 0.0558. The van der Waals surface area contributed by atoms with Gasteiger partial charge in [-0.05, 0) is 36.2 Å². The maximum atomic E-state index is 12.9. The number of piperazine rings is 1. The summed E-state index contributed by atoms with van der Waals surface area (Å²) < 4.78 is 28.5. The van der Waals surface area contributed by atoms with Crippen LogP contribution >= 0.6 is 11.3 Å². The Morgan fingerprint density at radius 1 is 1.00 bits per heavy atom. The van der Waals surface area contributed by atoms with E-state index in [0.717, 1.165) is 33.6 Å². The van der Waals surface area contributed by atoms with Crippen molar-refractivity contribution in [3.63, 3.8) is 0 Å². The normalized spacial score (nSPS) is 15.5. The van der Waals surface area contributed by atoms with Crippen LogP contribution < -0.4 is 0 Å². The van der Waals surface area contributed by atoms with Crippen LogP contribution in [-0.2, 0) is 27.7 Å². The van der Waals surface area contributed by atoms with Crippen LogP contribution in [0.5, 0.6) is 0 Å². The molecule has 1 aliphatic heterocycles. The number of nitrogens with zero attached hydrogens (tertiary/aromatic N) is 3. The van der Waals surface area contributed by atoms with Crippen molar-refractivity contribution in [2.45, 2.75) is 37.5 Å². The number of carbonyl (C=O) groups excluding carboxylic acids is 1. The smallest absolute Gasteiger partial charge is 0.243 e. The first-order valence-corrected chi connectivity index (χ1v) is 12.9. The van der Waals surface area contributed by atoms with Gasteiger partial charge in [0.2, 0.25) is 15.9 Å². The summed E-state index contributed by atoms with van der Waals surface area (Å²) in [6.45, 7) is 3.60. The Bertz CT molecular complexity index is 1120. The number of aryl methyl sites for hydroxylation is 2. The van der Waals surface area contributed by atoms with Crippen LogP contribution in [0.1, 0.15) is 30.3 Å². The number of thiazole rings is 1. The molecular weight excluding hydrogens is 430 g/mol. The molecule has 0 aliphatic carbocycles. The van der Waals surface area contributed by atoms with Gasteiger partial charge >= 0.3 is 0 Å². The SMILES string of the molecule is CCCc1ccc(S(=O)(=O)N2CCN(C(=O)CCc3nc4ccccc4s3)CC2)cc1. The number of amides is 1. The Kier molecular flexibility index (Phi) is 6.69. The van der Waals surface area contributed by atoms with E-state index < -0.39 is 10.0 Å². The second-order valence-corrected chi connectivity index (χ2v) is 10.8. The van der Waals surface area contributed by atoms with Gasteiger partial charge in [0.1, 0.15) is 0 Å². The predicted octanol–water partition coefficient (Wildman–Crippen LogP) is 3.71. The molecule has 0 unspecified atom stereocenters. The topological polar surface area (TPSA) is 70.6 Å². The van der Waals surface area contributed by atoms with Crippen LogP contribution in [0.4, 0.5) is 0 Å². The molecule has 1 amide bonds. The Morgan fingerprint density at radius 3 is 2.39 bits per heavy atom. The first-order chi connectivity index (χ1) is 15.0. The first kappa shape index (κ1) is 21.9. The highest BCUT2D eigenvalue weighted by molar-refractivity contribution is 7.89. The molecule has 1 fully saturated rings. The van der Waals surface area contributed by atoms with Crippen molar-refractivity contribution in [2.24, 2.45) is 0 Å². The molecule has 0 spiro atoms. The molecule has 164 valence electrons. The minimum absolute atomic E-state index is 0.0558. The molecule has 2 aromatic carbocycles. The van der Waals surface area contributed by atoms with E-state index in [-0.39, 0.29) is 5.91 Å². The lowest BCUT2D eigenvalue weighted by atomic mass is 10.1. The summed E-state index contributed by atoms with van der Waals surface area (Å²) in [5.41, 5.74) is 2.11. The van der Waals surface area contributed by atoms with Crippen molar-refractivity contribution in [3.8, 4) is 0 Å². The molecule has 1 saturated heterocycles. The third kappa shape index (κ3) is 4.97. The Labute approximate surface area is 187 Å². The van der Waals surface area contributed by atoms with Gasteiger partial charge in [-0.2, -0.15) is 4.31 Å². The standard InChI is InChI=1S/C23H27N3O3S2/c1-2-5-18-8-10-19(11-9-18)31(28,29)26-16-14-25(15-17-26)23(27)13-12-22-24-20-6-3-4-7-21(20)30-22/h3-4,6-11H,2,5,12-17H2,1H3. The van der Waals surface area contributed by atoms with E-state index in [1.54, 1.807) is 28.4 Å². The summed E-state index contributed by atoms with van der Waals surface area (Å²) in [4.78, 5) is 19.3. The van der Waals surface area contributed by atoms with Gasteiger partial charge in [-0.1, -0.05) is 37.6 Å². The van der Waals surface area contributed by atoms with Gasteiger partial charge in [-0.15, -0.1) is 11.3 Å². The van der Waals surface area contributed by atoms with Crippen molar-refractivity contribution >= 4 is 37.5 Å². The van der Waals surface area contributed by atoms with Gasteiger partial charge in [-0.3, -0.25) is 4.79 Å². The zero-order chi connectivity index (χ0) is 21.8. The van der Waals surface area contributed by atoms with Gasteiger partial charge in [-0.25, -0.2) is 13.4 Å². The molecule has 6 nitrogen and oxygen atoms in total. The molecule has 3 aromatic rings. The number of aromatic nitrogens is 1. The summed E-state index contributed by atoms with van der Waals surface area (Å²) in [5, 5.41) is 0.960. The molecule has 0 saturated carbocycles. The molecule has 31 heavy (non-hydrogen) atoms.